The van der Waals surface area contributed by atoms with Crippen molar-refractivity contribution < 1.29 is 9.59 Å². The minimum Gasteiger partial charge on any atom is -0.297 e. The molecule has 1 fully saturated rings. The third kappa shape index (κ3) is 3.20. The lowest BCUT2D eigenvalue weighted by Crippen LogP contribution is -2.60. The number of rotatable bonds is 4. The van der Waals surface area contributed by atoms with Gasteiger partial charge in [0.15, 0.2) is 17.1 Å². The minimum atomic E-state index is -1.33. The first-order valence-corrected chi connectivity index (χ1v) is 11.6. The summed E-state index contributed by atoms with van der Waals surface area (Å²) in [5, 5.41) is 4.58. The number of hydrogen-bond acceptors (Lipinski definition) is 5. The van der Waals surface area contributed by atoms with Gasteiger partial charge in [0.1, 0.15) is 0 Å². The summed E-state index contributed by atoms with van der Waals surface area (Å²) < 4.78 is 1.78. The Morgan fingerprint density at radius 2 is 1.42 bits per heavy atom. The van der Waals surface area contributed by atoms with Gasteiger partial charge in [0.25, 0.3) is 0 Å². The molecular formula is C27H30N4O2. The quantitative estimate of drug-likeness (QED) is 0.580. The monoisotopic (exact) mass is 442 g/mol. The number of ketones is 2. The standard InChI is InChI=1S/C27H30N4O2/c1-18-9-5-6-10-21(18)17-30-13-15-31(16-14-30)27(24-19(2)28-29(4)20(24)3)25(32)22-11-7-8-12-23(22)26(27)33/h5-12H,13-17H2,1-4H3. The van der Waals surface area contributed by atoms with Gasteiger partial charge in [-0.2, -0.15) is 5.10 Å². The van der Waals surface area contributed by atoms with Gasteiger partial charge < -0.3 is 0 Å². The number of carbonyl (C=O) groups excluding carboxylic acids is 2. The van der Waals surface area contributed by atoms with E-state index in [9.17, 15) is 9.59 Å². The highest BCUT2D eigenvalue weighted by molar-refractivity contribution is 6.33. The summed E-state index contributed by atoms with van der Waals surface area (Å²) in [6.45, 7) is 9.76. The predicted molar refractivity (Wildman–Crippen MR) is 127 cm³/mol. The van der Waals surface area contributed by atoms with Crippen molar-refractivity contribution in [1.82, 2.24) is 19.6 Å². The number of nitrogens with zero attached hydrogens (tertiary/aromatic N) is 4. The number of piperazine rings is 1. The van der Waals surface area contributed by atoms with Gasteiger partial charge >= 0.3 is 0 Å². The number of hydrogen-bond donors (Lipinski definition) is 0. The van der Waals surface area contributed by atoms with Crippen molar-refractivity contribution in [3.63, 3.8) is 0 Å². The van der Waals surface area contributed by atoms with Crippen molar-refractivity contribution in [3.05, 3.63) is 87.7 Å². The van der Waals surface area contributed by atoms with E-state index in [1.807, 2.05) is 33.0 Å². The smallest absolute Gasteiger partial charge is 0.196 e. The maximum absolute atomic E-state index is 14.0. The fraction of sp³-hybridized carbons (Fsp3) is 0.370. The summed E-state index contributed by atoms with van der Waals surface area (Å²) in [6, 6.07) is 15.7. The Balaban J connectivity index is 1.52. The lowest BCUT2D eigenvalue weighted by molar-refractivity contribution is 0.0275. The molecule has 2 heterocycles. The second-order valence-electron chi connectivity index (χ2n) is 9.27. The summed E-state index contributed by atoms with van der Waals surface area (Å²) in [4.78, 5) is 32.6. The third-order valence-corrected chi connectivity index (χ3v) is 7.45. The van der Waals surface area contributed by atoms with Crippen LogP contribution in [-0.2, 0) is 19.1 Å². The molecule has 1 saturated heterocycles. The molecule has 1 aliphatic heterocycles. The molecule has 33 heavy (non-hydrogen) atoms. The molecule has 0 atom stereocenters. The van der Waals surface area contributed by atoms with Crippen LogP contribution in [0.15, 0.2) is 48.5 Å². The molecule has 0 amide bonds. The molecule has 0 radical (unpaired) electrons. The third-order valence-electron chi connectivity index (χ3n) is 7.45. The molecule has 6 nitrogen and oxygen atoms in total. The van der Waals surface area contributed by atoms with E-state index < -0.39 is 5.54 Å². The van der Waals surface area contributed by atoms with E-state index in [0.717, 1.165) is 36.6 Å². The van der Waals surface area contributed by atoms with Crippen LogP contribution in [0.4, 0.5) is 0 Å². The second-order valence-corrected chi connectivity index (χ2v) is 9.27. The van der Waals surface area contributed by atoms with Crippen LogP contribution in [-0.4, -0.2) is 57.3 Å². The largest absolute Gasteiger partial charge is 0.297 e. The Morgan fingerprint density at radius 1 is 0.848 bits per heavy atom. The van der Waals surface area contributed by atoms with Gasteiger partial charge in [0.2, 0.25) is 0 Å². The van der Waals surface area contributed by atoms with Crippen LogP contribution >= 0.6 is 0 Å². The van der Waals surface area contributed by atoms with E-state index in [1.165, 1.54) is 11.1 Å². The normalized spacial score (nSPS) is 18.7. The highest BCUT2D eigenvalue weighted by Gasteiger charge is 2.60. The van der Waals surface area contributed by atoms with E-state index >= 15 is 0 Å². The molecule has 0 spiro atoms. The molecular weight excluding hydrogens is 412 g/mol. The lowest BCUT2D eigenvalue weighted by Gasteiger charge is -2.44. The number of carbonyl (C=O) groups is 2. The van der Waals surface area contributed by atoms with E-state index in [1.54, 1.807) is 16.8 Å². The van der Waals surface area contributed by atoms with Crippen molar-refractivity contribution in [1.29, 1.82) is 0 Å². The van der Waals surface area contributed by atoms with Gasteiger partial charge in [0.05, 0.1) is 5.69 Å². The average molecular weight is 443 g/mol. The molecule has 2 aliphatic rings. The molecule has 1 aliphatic carbocycles. The summed E-state index contributed by atoms with van der Waals surface area (Å²) in [6.07, 6.45) is 0. The number of aromatic nitrogens is 2. The topological polar surface area (TPSA) is 58.4 Å². The molecule has 0 saturated carbocycles. The fourth-order valence-corrected chi connectivity index (χ4v) is 5.61. The maximum Gasteiger partial charge on any atom is 0.196 e. The van der Waals surface area contributed by atoms with Crippen LogP contribution in [0.2, 0.25) is 0 Å². The minimum absolute atomic E-state index is 0.116. The molecule has 3 aromatic rings. The molecule has 170 valence electrons. The number of benzene rings is 2. The molecule has 0 N–H and O–H groups in total. The SMILES string of the molecule is Cc1ccccc1CN1CCN(C2(c3c(C)nn(C)c3C)C(=O)c3ccccc3C2=O)CC1. The first kappa shape index (κ1) is 21.7. The van der Waals surface area contributed by atoms with Crippen molar-refractivity contribution in [3.8, 4) is 0 Å². The Morgan fingerprint density at radius 3 is 1.97 bits per heavy atom. The highest BCUT2D eigenvalue weighted by Crippen LogP contribution is 2.45. The van der Waals surface area contributed by atoms with Crippen LogP contribution in [0.1, 0.15) is 48.8 Å². The van der Waals surface area contributed by atoms with Crippen LogP contribution < -0.4 is 0 Å². The first-order valence-electron chi connectivity index (χ1n) is 11.6. The van der Waals surface area contributed by atoms with E-state index in [2.05, 4.69) is 46.1 Å². The van der Waals surface area contributed by atoms with Gasteiger partial charge in [0, 0.05) is 62.2 Å². The van der Waals surface area contributed by atoms with E-state index in [0.29, 0.717) is 24.2 Å². The zero-order valence-corrected chi connectivity index (χ0v) is 19.8. The molecule has 5 rings (SSSR count). The van der Waals surface area contributed by atoms with Crippen LogP contribution in [0.5, 0.6) is 0 Å². The Bertz CT molecular complexity index is 1220. The first-order chi connectivity index (χ1) is 15.9. The number of fused-ring (bicyclic) bond motifs is 1. The van der Waals surface area contributed by atoms with Crippen molar-refractivity contribution in [2.75, 3.05) is 26.2 Å². The van der Waals surface area contributed by atoms with Crippen molar-refractivity contribution in [2.45, 2.75) is 32.9 Å². The summed E-state index contributed by atoms with van der Waals surface area (Å²) >= 11 is 0. The number of Topliss-reactive ketones (excluding diaryl/α,β-unsaturated/α-hetero) is 2. The van der Waals surface area contributed by atoms with E-state index in [-0.39, 0.29) is 11.6 Å². The molecule has 1 aromatic heterocycles. The van der Waals surface area contributed by atoms with Gasteiger partial charge in [-0.05, 0) is 31.9 Å². The highest BCUT2D eigenvalue weighted by atomic mass is 16.2. The fourth-order valence-electron chi connectivity index (χ4n) is 5.61. The zero-order valence-electron chi connectivity index (χ0n) is 19.8. The van der Waals surface area contributed by atoms with Crippen molar-refractivity contribution in [2.24, 2.45) is 7.05 Å². The lowest BCUT2D eigenvalue weighted by atomic mass is 9.81. The molecule has 6 heteroatoms. The average Bonchev–Trinajstić information content (AvgIpc) is 3.20. The number of aryl methyl sites for hydroxylation is 3. The second kappa shape index (κ2) is 8.04. The van der Waals surface area contributed by atoms with Gasteiger partial charge in [-0.3, -0.25) is 24.1 Å². The maximum atomic E-state index is 14.0. The van der Waals surface area contributed by atoms with Crippen LogP contribution in [0, 0.1) is 20.8 Å². The Kier molecular flexibility index (Phi) is 5.30. The van der Waals surface area contributed by atoms with Crippen LogP contribution in [0.3, 0.4) is 0 Å². The Labute approximate surface area is 194 Å². The van der Waals surface area contributed by atoms with Crippen LogP contribution in [0.25, 0.3) is 0 Å². The van der Waals surface area contributed by atoms with Gasteiger partial charge in [-0.15, -0.1) is 0 Å². The van der Waals surface area contributed by atoms with Gasteiger partial charge in [-0.25, -0.2) is 0 Å². The van der Waals surface area contributed by atoms with Crippen molar-refractivity contribution >= 4 is 11.6 Å². The zero-order chi connectivity index (χ0) is 23.3. The summed E-state index contributed by atoms with van der Waals surface area (Å²) in [7, 11) is 1.87. The predicted octanol–water partition coefficient (Wildman–Crippen LogP) is 3.44. The van der Waals surface area contributed by atoms with Gasteiger partial charge in [-0.1, -0.05) is 48.5 Å². The summed E-state index contributed by atoms with van der Waals surface area (Å²) in [5.74, 6) is -0.232. The summed E-state index contributed by atoms with van der Waals surface area (Å²) in [5.41, 5.74) is 4.68. The molecule has 0 unspecified atom stereocenters. The molecule has 0 bridgehead atoms. The molecule has 2 aromatic carbocycles. The van der Waals surface area contributed by atoms with E-state index in [4.69, 9.17) is 0 Å². The Hall–Kier alpha value is -3.09.